The number of carbonyl (C=O) groups is 1. The third-order valence-electron chi connectivity index (χ3n) is 9.90. The van der Waals surface area contributed by atoms with Crippen molar-refractivity contribution in [2.75, 3.05) is 6.54 Å². The molecule has 2 aliphatic rings. The van der Waals surface area contributed by atoms with Gasteiger partial charge in [0.25, 0.3) is 0 Å². The third kappa shape index (κ3) is 5.83. The summed E-state index contributed by atoms with van der Waals surface area (Å²) in [6.45, 7) is 23.5. The first-order valence-corrected chi connectivity index (χ1v) is 15.7. The van der Waals surface area contributed by atoms with Gasteiger partial charge in [0.2, 0.25) is 5.91 Å². The number of likely N-dealkylation sites (N-methyl/N-ethyl adjacent to an activating group) is 1. The van der Waals surface area contributed by atoms with Crippen LogP contribution in [0.1, 0.15) is 71.7 Å². The zero-order valence-electron chi connectivity index (χ0n) is 28.0. The molecule has 0 saturated heterocycles. The van der Waals surface area contributed by atoms with Gasteiger partial charge in [0.15, 0.2) is 0 Å². The summed E-state index contributed by atoms with van der Waals surface area (Å²) >= 11 is 0. The van der Waals surface area contributed by atoms with Crippen LogP contribution in [-0.4, -0.2) is 37.8 Å². The van der Waals surface area contributed by atoms with E-state index < -0.39 is 11.0 Å². The average molecular weight is 615 g/mol. The average Bonchev–Trinajstić information content (AvgIpc) is 3.63. The van der Waals surface area contributed by atoms with Crippen molar-refractivity contribution in [1.29, 1.82) is 0 Å². The molecule has 2 aromatic heterocycles. The monoisotopic (exact) mass is 614 g/mol. The fourth-order valence-electron chi connectivity index (χ4n) is 6.53. The van der Waals surface area contributed by atoms with Crippen LogP contribution in [0.4, 0.5) is 4.39 Å². The number of halogens is 1. The second-order valence-electron chi connectivity index (χ2n) is 13.3. The number of hydrogen-bond acceptors (Lipinski definition) is 4. The summed E-state index contributed by atoms with van der Waals surface area (Å²) < 4.78 is 13.9. The molecule has 236 valence electrons. The summed E-state index contributed by atoms with van der Waals surface area (Å²) in [5.41, 5.74) is 13.3. The van der Waals surface area contributed by atoms with Crippen molar-refractivity contribution in [3.8, 4) is 11.3 Å². The lowest BCUT2D eigenvalue weighted by molar-refractivity contribution is -0.135. The highest BCUT2D eigenvalue weighted by Gasteiger charge is 2.70. The smallest absolute Gasteiger partial charge is 0.235 e. The Bertz CT molecular complexity index is 1840. The number of rotatable bonds is 10. The number of amides is 1. The summed E-state index contributed by atoms with van der Waals surface area (Å²) in [7, 11) is 0. The van der Waals surface area contributed by atoms with Gasteiger partial charge >= 0.3 is 0 Å². The first kappa shape index (κ1) is 32.6. The number of aromatic nitrogens is 2. The number of benzene rings is 1. The molecule has 0 spiro atoms. The molecule has 46 heavy (non-hydrogen) atoms. The second kappa shape index (κ2) is 12.2. The van der Waals surface area contributed by atoms with E-state index in [-0.39, 0.29) is 17.1 Å². The Balaban J connectivity index is 1.53. The van der Waals surface area contributed by atoms with Crippen molar-refractivity contribution in [3.05, 3.63) is 131 Å². The van der Waals surface area contributed by atoms with Gasteiger partial charge in [-0.1, -0.05) is 50.9 Å². The molecule has 1 aromatic carbocycles. The molecule has 5 nitrogen and oxygen atoms in total. The van der Waals surface area contributed by atoms with Crippen molar-refractivity contribution in [3.63, 3.8) is 0 Å². The Labute approximate surface area is 272 Å². The van der Waals surface area contributed by atoms with E-state index in [4.69, 9.17) is 4.98 Å². The van der Waals surface area contributed by atoms with Gasteiger partial charge in [0.1, 0.15) is 5.82 Å². The molecule has 1 amide bonds. The highest BCUT2D eigenvalue weighted by molar-refractivity contribution is 5.90. The van der Waals surface area contributed by atoms with E-state index in [1.165, 1.54) is 12.1 Å². The largest absolute Gasteiger partial charge is 0.354 e. The predicted molar refractivity (Wildman–Crippen MR) is 184 cm³/mol. The SMILES string of the molecule is C=C=C(c1ccc(-c2ccnc(C=C)c2)nc1)N(Cc1ccc(F)cc1)C1(C)CC1(C)C(=O)N(CC)C1=C=C(C)C(C)(C)C=C1C. The van der Waals surface area contributed by atoms with E-state index in [0.29, 0.717) is 19.5 Å². The summed E-state index contributed by atoms with van der Waals surface area (Å²) in [6, 6.07) is 14.3. The molecule has 6 heteroatoms. The van der Waals surface area contributed by atoms with Crippen LogP contribution >= 0.6 is 0 Å². The van der Waals surface area contributed by atoms with Crippen LogP contribution in [0, 0.1) is 16.6 Å². The quantitative estimate of drug-likeness (QED) is 0.214. The maximum atomic E-state index is 14.6. The summed E-state index contributed by atoms with van der Waals surface area (Å²) in [5, 5.41) is 0. The van der Waals surface area contributed by atoms with Gasteiger partial charge in [-0.15, -0.1) is 5.73 Å². The highest BCUT2D eigenvalue weighted by atomic mass is 19.1. The molecule has 0 aliphatic heterocycles. The summed E-state index contributed by atoms with van der Waals surface area (Å²) in [6.07, 6.45) is 8.11. The lowest BCUT2D eigenvalue weighted by atomic mass is 9.80. The van der Waals surface area contributed by atoms with Crippen LogP contribution < -0.4 is 0 Å². The normalized spacial score (nSPS) is 21.3. The predicted octanol–water partition coefficient (Wildman–Crippen LogP) is 8.99. The van der Waals surface area contributed by atoms with E-state index in [1.54, 1.807) is 24.4 Å². The Morgan fingerprint density at radius 3 is 2.41 bits per heavy atom. The van der Waals surface area contributed by atoms with Crippen molar-refractivity contribution in [2.24, 2.45) is 10.8 Å². The Hall–Kier alpha value is -4.76. The molecule has 2 heterocycles. The van der Waals surface area contributed by atoms with Crippen LogP contribution in [0.25, 0.3) is 23.0 Å². The molecule has 2 atom stereocenters. The van der Waals surface area contributed by atoms with Crippen molar-refractivity contribution >= 4 is 17.7 Å². The van der Waals surface area contributed by atoms with Crippen LogP contribution in [0.2, 0.25) is 0 Å². The van der Waals surface area contributed by atoms with E-state index in [0.717, 1.165) is 50.6 Å². The second-order valence-corrected chi connectivity index (χ2v) is 13.3. The molecule has 5 rings (SSSR count). The van der Waals surface area contributed by atoms with Gasteiger partial charge in [0.05, 0.1) is 33.7 Å². The fraction of sp³-hybridized carbons (Fsp3) is 0.325. The van der Waals surface area contributed by atoms with Gasteiger partial charge in [-0.05, 0) is 100 Å². The van der Waals surface area contributed by atoms with Crippen molar-refractivity contribution in [2.45, 2.75) is 67.0 Å². The Morgan fingerprint density at radius 1 is 1.09 bits per heavy atom. The third-order valence-corrected chi connectivity index (χ3v) is 9.90. The summed E-state index contributed by atoms with van der Waals surface area (Å²) in [4.78, 5) is 27.7. The highest BCUT2D eigenvalue weighted by Crippen LogP contribution is 2.63. The van der Waals surface area contributed by atoms with Crippen molar-refractivity contribution < 1.29 is 9.18 Å². The molecule has 1 fully saturated rings. The summed E-state index contributed by atoms with van der Waals surface area (Å²) in [5.74, 6) is -0.241. The molecular formula is C40H43FN4O. The number of pyridine rings is 2. The Kier molecular flexibility index (Phi) is 8.66. The maximum absolute atomic E-state index is 14.6. The van der Waals surface area contributed by atoms with E-state index in [9.17, 15) is 9.18 Å². The minimum absolute atomic E-state index is 0.0527. The Morgan fingerprint density at radius 2 is 1.80 bits per heavy atom. The molecule has 2 unspecified atom stereocenters. The standard InChI is InChI=1S/C40H43FN4O/c1-10-33-22-30(19-20-42-33)34-18-15-31(24-43-34)35(11-2)45(25-29-13-16-32(41)17-14-29)40(9)26-39(40,8)37(46)44(12-3)36-21-28(5)38(6,7)23-27(36)4/h10,13-20,22-24H,1-2,12,25-26H2,3-9H3. The minimum Gasteiger partial charge on any atom is -0.354 e. The lowest BCUT2D eigenvalue weighted by Crippen LogP contribution is -2.45. The van der Waals surface area contributed by atoms with Gasteiger partial charge in [-0.2, -0.15) is 0 Å². The van der Waals surface area contributed by atoms with Crippen LogP contribution in [0.3, 0.4) is 0 Å². The van der Waals surface area contributed by atoms with Gasteiger partial charge in [-0.25, -0.2) is 4.39 Å². The number of nitrogens with zero attached hydrogens (tertiary/aromatic N) is 4. The zero-order chi connectivity index (χ0) is 33.4. The van der Waals surface area contributed by atoms with Gasteiger partial charge in [-0.3, -0.25) is 14.8 Å². The van der Waals surface area contributed by atoms with Crippen molar-refractivity contribution in [1.82, 2.24) is 19.8 Å². The number of hydrogen-bond donors (Lipinski definition) is 0. The number of carbonyl (C=O) groups excluding carboxylic acids is 1. The van der Waals surface area contributed by atoms with E-state index in [2.05, 4.69) is 75.2 Å². The number of allylic oxidation sites excluding steroid dienone is 2. The fourth-order valence-corrected chi connectivity index (χ4v) is 6.53. The molecule has 0 bridgehead atoms. The van der Waals surface area contributed by atoms with Crippen LogP contribution in [0.5, 0.6) is 0 Å². The topological polar surface area (TPSA) is 49.3 Å². The van der Waals surface area contributed by atoms with E-state index >= 15 is 0 Å². The minimum atomic E-state index is -0.716. The molecule has 2 aliphatic carbocycles. The van der Waals surface area contributed by atoms with Gasteiger partial charge in [0, 0.05) is 42.0 Å². The molecule has 0 radical (unpaired) electrons. The maximum Gasteiger partial charge on any atom is 0.235 e. The van der Waals surface area contributed by atoms with Gasteiger partial charge < -0.3 is 9.80 Å². The zero-order valence-corrected chi connectivity index (χ0v) is 28.0. The molecule has 0 N–H and O–H groups in total. The van der Waals surface area contributed by atoms with Crippen LogP contribution in [0.15, 0.2) is 108 Å². The molecule has 1 saturated carbocycles. The molecular weight excluding hydrogens is 571 g/mol. The van der Waals surface area contributed by atoms with E-state index in [1.807, 2.05) is 49.2 Å². The molecule has 3 aromatic rings. The van der Waals surface area contributed by atoms with Crippen LogP contribution in [-0.2, 0) is 11.3 Å². The first-order chi connectivity index (χ1) is 21.8. The first-order valence-electron chi connectivity index (χ1n) is 15.7. The lowest BCUT2D eigenvalue weighted by Gasteiger charge is -2.38.